The maximum Gasteiger partial charge on any atom is 0.417 e. The molecule has 2 amide bonds. The van der Waals surface area contributed by atoms with Crippen molar-refractivity contribution in [2.24, 2.45) is 0 Å². The molecule has 224 valence electrons. The van der Waals surface area contributed by atoms with Crippen LogP contribution in [0.5, 0.6) is 0 Å². The van der Waals surface area contributed by atoms with Crippen molar-refractivity contribution < 1.29 is 37.6 Å². The number of halogens is 1. The van der Waals surface area contributed by atoms with E-state index in [9.17, 15) is 23.6 Å². The average molecular weight is 607 g/mol. The second-order valence-electron chi connectivity index (χ2n) is 11.0. The van der Waals surface area contributed by atoms with Gasteiger partial charge in [-0.15, -0.1) is 0 Å². The number of hydrogen-bond donors (Lipinski definition) is 1. The summed E-state index contributed by atoms with van der Waals surface area (Å²) in [7, 11) is 0. The van der Waals surface area contributed by atoms with Crippen molar-refractivity contribution in [2.45, 2.75) is 55.8 Å². The molecule has 11 heteroatoms. The molecule has 2 heterocycles. The third-order valence-electron chi connectivity index (χ3n) is 7.48. The maximum absolute atomic E-state index is 14.4. The normalized spacial score (nSPS) is 19.0. The van der Waals surface area contributed by atoms with Gasteiger partial charge in [-0.05, 0) is 55.2 Å². The van der Waals surface area contributed by atoms with E-state index in [1.54, 1.807) is 62.4 Å². The minimum atomic E-state index is -2.06. The molecule has 0 aliphatic carbocycles. The number of imide groups is 1. The van der Waals surface area contributed by atoms with E-state index in [0.29, 0.717) is 11.1 Å². The van der Waals surface area contributed by atoms with Crippen molar-refractivity contribution in [1.82, 2.24) is 10.1 Å². The van der Waals surface area contributed by atoms with E-state index in [0.717, 1.165) is 16.0 Å². The first-order valence-corrected chi connectivity index (χ1v) is 15.0. The lowest BCUT2D eigenvalue weighted by Crippen LogP contribution is -2.54. The van der Waals surface area contributed by atoms with Gasteiger partial charge in [0.15, 0.2) is 5.60 Å². The van der Waals surface area contributed by atoms with Gasteiger partial charge >= 0.3 is 11.2 Å². The van der Waals surface area contributed by atoms with Gasteiger partial charge < -0.3 is 23.7 Å². The van der Waals surface area contributed by atoms with Crippen LogP contribution in [-0.2, 0) is 32.1 Å². The smallest absolute Gasteiger partial charge is 0.417 e. The number of carbonyl (C=O) groups excluding carboxylic acids is 2. The monoisotopic (exact) mass is 606 g/mol. The summed E-state index contributed by atoms with van der Waals surface area (Å²) in [6.07, 6.45) is -1.21. The van der Waals surface area contributed by atoms with Crippen LogP contribution in [0.4, 0.5) is 9.18 Å². The molecule has 43 heavy (non-hydrogen) atoms. The summed E-state index contributed by atoms with van der Waals surface area (Å²) in [5.41, 5.74) is -0.251. The van der Waals surface area contributed by atoms with Crippen molar-refractivity contribution in [3.63, 3.8) is 0 Å². The number of aliphatic hydroxyl groups excluding tert-OH is 1. The highest BCUT2D eigenvalue weighted by atomic mass is 32.2. The van der Waals surface area contributed by atoms with E-state index in [-0.39, 0.29) is 23.2 Å². The SMILES string of the molecule is C[S+]([O-])c1cc([C@H](O)[C@](C)(OCc2ccc(-c3ccc(F)cc3)cc2)C(=O)N2C(=O)OC(C)(C)[C@@H]2c2ccccc2)no1. The zero-order valence-electron chi connectivity index (χ0n) is 24.0. The molecule has 1 aliphatic rings. The molecule has 1 saturated heterocycles. The Kier molecular flexibility index (Phi) is 8.44. The minimum absolute atomic E-state index is 0.00380. The van der Waals surface area contributed by atoms with Gasteiger partial charge in [0.2, 0.25) is 0 Å². The number of aliphatic hydroxyl groups is 1. The summed E-state index contributed by atoms with van der Waals surface area (Å²) in [5.74, 6) is -1.19. The molecule has 4 aromatic rings. The first-order chi connectivity index (χ1) is 20.4. The molecule has 1 N–H and O–H groups in total. The summed E-state index contributed by atoms with van der Waals surface area (Å²) in [4.78, 5) is 28.6. The average Bonchev–Trinajstić information content (AvgIpc) is 3.58. The number of amides is 2. The predicted octanol–water partition coefficient (Wildman–Crippen LogP) is 5.73. The Morgan fingerprint density at radius 3 is 2.30 bits per heavy atom. The molecule has 0 saturated carbocycles. The van der Waals surface area contributed by atoms with Gasteiger partial charge in [-0.2, -0.15) is 0 Å². The van der Waals surface area contributed by atoms with Gasteiger partial charge in [0.1, 0.15) is 35.5 Å². The molecule has 4 atom stereocenters. The molecule has 1 fully saturated rings. The van der Waals surface area contributed by atoms with Gasteiger partial charge in [0.05, 0.1) is 12.7 Å². The van der Waals surface area contributed by atoms with Crippen LogP contribution in [0, 0.1) is 5.82 Å². The summed E-state index contributed by atoms with van der Waals surface area (Å²) >= 11 is -1.54. The largest absolute Gasteiger partial charge is 0.609 e. The van der Waals surface area contributed by atoms with E-state index in [1.807, 2.05) is 18.2 Å². The molecule has 3 aromatic carbocycles. The van der Waals surface area contributed by atoms with Gasteiger partial charge in [-0.1, -0.05) is 71.9 Å². The van der Waals surface area contributed by atoms with E-state index < -0.39 is 46.5 Å². The van der Waals surface area contributed by atoms with Crippen LogP contribution < -0.4 is 0 Å². The lowest BCUT2D eigenvalue weighted by atomic mass is 9.88. The first-order valence-electron chi connectivity index (χ1n) is 13.5. The third kappa shape index (κ3) is 6.07. The first kappa shape index (κ1) is 30.4. The molecule has 1 unspecified atom stereocenters. The highest BCUT2D eigenvalue weighted by Gasteiger charge is 2.57. The molecule has 0 spiro atoms. The van der Waals surface area contributed by atoms with Crippen LogP contribution in [0.1, 0.15) is 49.7 Å². The van der Waals surface area contributed by atoms with E-state index in [1.165, 1.54) is 31.4 Å². The van der Waals surface area contributed by atoms with Crippen LogP contribution in [0.2, 0.25) is 0 Å². The Morgan fingerprint density at radius 1 is 1.12 bits per heavy atom. The number of ether oxygens (including phenoxy) is 2. The molecular formula is C32H31FN2O7S. The quantitative estimate of drug-likeness (QED) is 0.240. The Labute approximate surface area is 251 Å². The Bertz CT molecular complexity index is 1590. The van der Waals surface area contributed by atoms with E-state index in [4.69, 9.17) is 14.0 Å². The molecule has 1 aromatic heterocycles. The van der Waals surface area contributed by atoms with Gasteiger partial charge in [-0.25, -0.2) is 14.1 Å². The highest BCUT2D eigenvalue weighted by molar-refractivity contribution is 7.90. The second-order valence-corrected chi connectivity index (χ2v) is 12.3. The molecule has 9 nitrogen and oxygen atoms in total. The van der Waals surface area contributed by atoms with Gasteiger partial charge in [-0.3, -0.25) is 4.79 Å². The standard InChI is InChI=1S/C32H31FN2O7S/c1-31(2)27(23-8-6-5-7-9-23)35(30(38)41-31)29(37)32(3,28(36)25-18-26(42-34-25)43(4)39)40-19-20-10-12-21(13-11-20)22-14-16-24(33)17-15-22/h5-18,27-28,36H,19H2,1-4H3/t27-,28-,32-,43?/m0/s1. The summed E-state index contributed by atoms with van der Waals surface area (Å²) in [6.45, 7) is 4.64. The van der Waals surface area contributed by atoms with Crippen LogP contribution >= 0.6 is 0 Å². The maximum atomic E-state index is 14.4. The number of aromatic nitrogens is 1. The Hall–Kier alpha value is -4.03. The number of rotatable bonds is 9. The van der Waals surface area contributed by atoms with E-state index in [2.05, 4.69) is 5.16 Å². The topological polar surface area (TPSA) is 125 Å². The van der Waals surface area contributed by atoms with Crippen LogP contribution in [-0.4, -0.2) is 49.2 Å². The number of benzene rings is 3. The molecule has 1 aliphatic heterocycles. The molecule has 0 bridgehead atoms. The second kappa shape index (κ2) is 11.9. The minimum Gasteiger partial charge on any atom is -0.609 e. The summed E-state index contributed by atoms with van der Waals surface area (Å²) < 4.78 is 42.2. The van der Waals surface area contributed by atoms with Gasteiger partial charge in [0.25, 0.3) is 5.91 Å². The molecule has 5 rings (SSSR count). The summed E-state index contributed by atoms with van der Waals surface area (Å²) in [6, 6.07) is 22.7. The third-order valence-corrected chi connectivity index (χ3v) is 8.24. The van der Waals surface area contributed by atoms with Gasteiger partial charge in [0, 0.05) is 11.2 Å². The fourth-order valence-corrected chi connectivity index (χ4v) is 5.54. The lowest BCUT2D eigenvalue weighted by Gasteiger charge is -2.37. The number of nitrogens with zero attached hydrogens (tertiary/aromatic N) is 2. The predicted molar refractivity (Wildman–Crippen MR) is 155 cm³/mol. The zero-order valence-corrected chi connectivity index (χ0v) is 24.8. The van der Waals surface area contributed by atoms with Crippen molar-refractivity contribution in [3.8, 4) is 11.1 Å². The molecule has 0 radical (unpaired) electrons. The van der Waals surface area contributed by atoms with Crippen LogP contribution in [0.15, 0.2) is 94.5 Å². The zero-order chi connectivity index (χ0) is 30.9. The Morgan fingerprint density at radius 2 is 1.72 bits per heavy atom. The highest BCUT2D eigenvalue weighted by Crippen LogP contribution is 2.44. The fourth-order valence-electron chi connectivity index (χ4n) is 5.12. The summed E-state index contributed by atoms with van der Waals surface area (Å²) in [5, 5.41) is 15.4. The number of hydrogen-bond acceptors (Lipinski definition) is 8. The van der Waals surface area contributed by atoms with Crippen LogP contribution in [0.3, 0.4) is 0 Å². The van der Waals surface area contributed by atoms with Crippen LogP contribution in [0.25, 0.3) is 11.1 Å². The fraction of sp³-hybridized carbons (Fsp3) is 0.281. The van der Waals surface area contributed by atoms with Crippen molar-refractivity contribution in [1.29, 1.82) is 0 Å². The number of carbonyl (C=O) groups is 2. The number of cyclic esters (lactones) is 1. The van der Waals surface area contributed by atoms with Crippen molar-refractivity contribution in [2.75, 3.05) is 6.26 Å². The van der Waals surface area contributed by atoms with Crippen molar-refractivity contribution in [3.05, 3.63) is 108 Å². The lowest BCUT2D eigenvalue weighted by molar-refractivity contribution is -0.175. The van der Waals surface area contributed by atoms with E-state index >= 15 is 0 Å². The Balaban J connectivity index is 1.48. The van der Waals surface area contributed by atoms with Crippen molar-refractivity contribution >= 4 is 23.2 Å². The molecular weight excluding hydrogens is 575 g/mol.